The fourth-order valence-electron chi connectivity index (χ4n) is 1.45. The maximum atomic E-state index is 11.7. The van der Waals surface area contributed by atoms with Gasteiger partial charge in [-0.1, -0.05) is 0 Å². The second-order valence-electron chi connectivity index (χ2n) is 4.59. The van der Waals surface area contributed by atoms with E-state index in [0.717, 1.165) is 12.8 Å². The SMILES string of the molecule is CC(C)S(=O)(=O)NC(C)(CN)C1CC1. The number of hydrogen-bond acceptors (Lipinski definition) is 3. The maximum Gasteiger partial charge on any atom is 0.214 e. The highest BCUT2D eigenvalue weighted by molar-refractivity contribution is 7.90. The average Bonchev–Trinajstić information content (AvgIpc) is 2.85. The van der Waals surface area contributed by atoms with Gasteiger partial charge in [-0.15, -0.1) is 0 Å². The first-order valence-corrected chi connectivity index (χ1v) is 6.59. The summed E-state index contributed by atoms with van der Waals surface area (Å²) in [5.41, 5.74) is 5.19. The van der Waals surface area contributed by atoms with Crippen LogP contribution in [0.4, 0.5) is 0 Å². The minimum atomic E-state index is -3.20. The molecule has 3 N–H and O–H groups in total. The highest BCUT2D eigenvalue weighted by atomic mass is 32.2. The van der Waals surface area contributed by atoms with Crippen LogP contribution in [0.15, 0.2) is 0 Å². The number of hydrogen-bond donors (Lipinski definition) is 2. The third-order valence-corrected chi connectivity index (χ3v) is 4.89. The Balaban J connectivity index is 2.74. The van der Waals surface area contributed by atoms with Gasteiger partial charge in [-0.3, -0.25) is 0 Å². The van der Waals surface area contributed by atoms with Gasteiger partial charge in [0.1, 0.15) is 0 Å². The molecular formula is C9H20N2O2S. The molecule has 0 aromatic carbocycles. The Hall–Kier alpha value is -0.130. The van der Waals surface area contributed by atoms with Crippen LogP contribution in [0.5, 0.6) is 0 Å². The van der Waals surface area contributed by atoms with E-state index in [9.17, 15) is 8.42 Å². The van der Waals surface area contributed by atoms with Crippen molar-refractivity contribution in [3.63, 3.8) is 0 Å². The molecule has 1 aliphatic carbocycles. The summed E-state index contributed by atoms with van der Waals surface area (Å²) >= 11 is 0. The highest BCUT2D eigenvalue weighted by Gasteiger charge is 2.43. The van der Waals surface area contributed by atoms with E-state index in [1.165, 1.54) is 0 Å². The zero-order valence-electron chi connectivity index (χ0n) is 9.08. The van der Waals surface area contributed by atoms with Crippen molar-refractivity contribution in [1.29, 1.82) is 0 Å². The molecule has 0 saturated heterocycles. The fraction of sp³-hybridized carbons (Fsp3) is 1.00. The van der Waals surface area contributed by atoms with E-state index in [0.29, 0.717) is 12.5 Å². The molecule has 1 unspecified atom stereocenters. The smallest absolute Gasteiger partial charge is 0.214 e. The van der Waals surface area contributed by atoms with Crippen LogP contribution in [0.3, 0.4) is 0 Å². The molecule has 84 valence electrons. The molecule has 1 fully saturated rings. The molecule has 1 rings (SSSR count). The van der Waals surface area contributed by atoms with Gasteiger partial charge in [-0.25, -0.2) is 13.1 Å². The van der Waals surface area contributed by atoms with E-state index >= 15 is 0 Å². The zero-order valence-corrected chi connectivity index (χ0v) is 9.89. The van der Waals surface area contributed by atoms with Crippen LogP contribution >= 0.6 is 0 Å². The van der Waals surface area contributed by atoms with Crippen LogP contribution in [-0.4, -0.2) is 25.8 Å². The van der Waals surface area contributed by atoms with Crippen molar-refractivity contribution in [1.82, 2.24) is 4.72 Å². The van der Waals surface area contributed by atoms with Gasteiger partial charge in [0, 0.05) is 12.1 Å². The maximum absolute atomic E-state index is 11.7. The highest BCUT2D eigenvalue weighted by Crippen LogP contribution is 2.39. The van der Waals surface area contributed by atoms with Crippen LogP contribution in [0.25, 0.3) is 0 Å². The molecule has 0 aromatic heterocycles. The summed E-state index contributed by atoms with van der Waals surface area (Å²) in [6.07, 6.45) is 2.16. The van der Waals surface area contributed by atoms with Crippen LogP contribution in [0, 0.1) is 5.92 Å². The summed E-state index contributed by atoms with van der Waals surface area (Å²) in [5.74, 6) is 0.418. The van der Waals surface area contributed by atoms with Gasteiger partial charge in [0.15, 0.2) is 0 Å². The Labute approximate surface area is 86.3 Å². The Morgan fingerprint density at radius 2 is 2.00 bits per heavy atom. The summed E-state index contributed by atoms with van der Waals surface area (Å²) in [7, 11) is -3.20. The van der Waals surface area contributed by atoms with Gasteiger partial charge in [-0.05, 0) is 39.5 Å². The Bertz CT molecular complexity index is 296. The summed E-state index contributed by atoms with van der Waals surface area (Å²) in [6, 6.07) is 0. The lowest BCUT2D eigenvalue weighted by atomic mass is 9.98. The van der Waals surface area contributed by atoms with Crippen LogP contribution in [0.1, 0.15) is 33.6 Å². The molecule has 5 heteroatoms. The van der Waals surface area contributed by atoms with Crippen LogP contribution in [-0.2, 0) is 10.0 Å². The van der Waals surface area contributed by atoms with Gasteiger partial charge in [0.25, 0.3) is 0 Å². The molecule has 0 spiro atoms. The normalized spacial score (nSPS) is 22.4. The van der Waals surface area contributed by atoms with Crippen molar-refractivity contribution in [3.8, 4) is 0 Å². The summed E-state index contributed by atoms with van der Waals surface area (Å²) < 4.78 is 26.1. The molecule has 0 amide bonds. The van der Waals surface area contributed by atoms with Crippen molar-refractivity contribution in [3.05, 3.63) is 0 Å². The lowest BCUT2D eigenvalue weighted by Gasteiger charge is -2.30. The van der Waals surface area contributed by atoms with Crippen molar-refractivity contribution >= 4 is 10.0 Å². The van der Waals surface area contributed by atoms with Crippen molar-refractivity contribution in [2.24, 2.45) is 11.7 Å². The summed E-state index contributed by atoms with van der Waals surface area (Å²) in [4.78, 5) is 0. The van der Waals surface area contributed by atoms with E-state index in [-0.39, 0.29) is 0 Å². The predicted octanol–water partition coefficient (Wildman–Crippen LogP) is 0.442. The molecule has 0 radical (unpaired) electrons. The van der Waals surface area contributed by atoms with Gasteiger partial charge in [0.05, 0.1) is 5.25 Å². The third-order valence-electron chi connectivity index (χ3n) is 2.90. The van der Waals surface area contributed by atoms with Crippen molar-refractivity contribution in [2.75, 3.05) is 6.54 Å². The van der Waals surface area contributed by atoms with Crippen molar-refractivity contribution < 1.29 is 8.42 Å². The fourth-order valence-corrected chi connectivity index (χ4v) is 2.59. The first-order valence-electron chi connectivity index (χ1n) is 5.04. The number of sulfonamides is 1. The zero-order chi connectivity index (χ0) is 11.0. The van der Waals surface area contributed by atoms with Crippen molar-refractivity contribution in [2.45, 2.75) is 44.4 Å². The largest absolute Gasteiger partial charge is 0.329 e. The quantitative estimate of drug-likeness (QED) is 0.706. The van der Waals surface area contributed by atoms with Crippen LogP contribution in [0.2, 0.25) is 0 Å². The summed E-state index contributed by atoms with van der Waals surface area (Å²) in [5, 5.41) is -0.396. The molecule has 14 heavy (non-hydrogen) atoms. The first-order chi connectivity index (χ1) is 6.32. The monoisotopic (exact) mass is 220 g/mol. The third kappa shape index (κ3) is 2.46. The first kappa shape index (κ1) is 11.9. The van der Waals surface area contributed by atoms with E-state index in [2.05, 4.69) is 4.72 Å². The van der Waals surface area contributed by atoms with E-state index in [1.807, 2.05) is 6.92 Å². The minimum absolute atomic E-state index is 0.365. The minimum Gasteiger partial charge on any atom is -0.329 e. The molecule has 0 aromatic rings. The Morgan fingerprint density at radius 3 is 2.29 bits per heavy atom. The van der Waals surface area contributed by atoms with E-state index in [1.54, 1.807) is 13.8 Å². The molecule has 4 nitrogen and oxygen atoms in total. The van der Waals surface area contributed by atoms with E-state index < -0.39 is 20.8 Å². The number of nitrogens with one attached hydrogen (secondary N) is 1. The molecule has 0 bridgehead atoms. The van der Waals surface area contributed by atoms with E-state index in [4.69, 9.17) is 5.73 Å². The van der Waals surface area contributed by atoms with Gasteiger partial charge < -0.3 is 5.73 Å². The Morgan fingerprint density at radius 1 is 1.50 bits per heavy atom. The lowest BCUT2D eigenvalue weighted by Crippen LogP contribution is -2.54. The van der Waals surface area contributed by atoms with Crippen LogP contribution < -0.4 is 10.5 Å². The number of rotatable bonds is 5. The molecular weight excluding hydrogens is 200 g/mol. The van der Waals surface area contributed by atoms with Gasteiger partial charge >= 0.3 is 0 Å². The average molecular weight is 220 g/mol. The Kier molecular flexibility index (Phi) is 3.23. The molecule has 0 heterocycles. The van der Waals surface area contributed by atoms with Gasteiger partial charge in [0.2, 0.25) is 10.0 Å². The predicted molar refractivity (Wildman–Crippen MR) is 57.4 cm³/mol. The molecule has 0 aliphatic heterocycles. The summed E-state index contributed by atoms with van der Waals surface area (Å²) in [6.45, 7) is 5.60. The molecule has 1 aliphatic rings. The molecule has 1 atom stereocenters. The molecule has 1 saturated carbocycles. The van der Waals surface area contributed by atoms with Gasteiger partial charge in [-0.2, -0.15) is 0 Å². The standard InChI is InChI=1S/C9H20N2O2S/c1-7(2)14(12,13)11-9(3,6-10)8-4-5-8/h7-8,11H,4-6,10H2,1-3H3. The number of nitrogens with two attached hydrogens (primary N) is 1. The second kappa shape index (κ2) is 3.79. The topological polar surface area (TPSA) is 72.2 Å². The second-order valence-corrected chi connectivity index (χ2v) is 6.83. The lowest BCUT2D eigenvalue weighted by molar-refractivity contribution is 0.372.